The van der Waals surface area contributed by atoms with Crippen molar-refractivity contribution in [1.29, 1.82) is 0 Å². The van der Waals surface area contributed by atoms with Crippen LogP contribution >= 0.6 is 15.9 Å². The fourth-order valence-electron chi connectivity index (χ4n) is 1.64. The summed E-state index contributed by atoms with van der Waals surface area (Å²) in [6.45, 7) is 0. The molecular formula is C8H15BrO. The predicted octanol–water partition coefficient (Wildman–Crippen LogP) is 2.32. The maximum atomic E-state index is 9.44. The van der Waals surface area contributed by atoms with Crippen molar-refractivity contribution in [2.24, 2.45) is 5.92 Å². The number of aliphatic hydroxyl groups excluding tert-OH is 1. The van der Waals surface area contributed by atoms with Crippen LogP contribution in [0.1, 0.15) is 32.1 Å². The molecule has 1 aliphatic carbocycles. The standard InChI is InChI=1S/C8H15BrO/c9-6-8(10)7-4-2-1-3-5-7/h7-8,10H,1-6H2/t8-/m0/s1. The number of hydrogen-bond donors (Lipinski definition) is 1. The lowest BCUT2D eigenvalue weighted by molar-refractivity contribution is 0.106. The number of rotatable bonds is 2. The van der Waals surface area contributed by atoms with E-state index < -0.39 is 0 Å². The molecule has 2 heteroatoms. The van der Waals surface area contributed by atoms with Crippen LogP contribution in [0.4, 0.5) is 0 Å². The van der Waals surface area contributed by atoms with E-state index >= 15 is 0 Å². The van der Waals surface area contributed by atoms with E-state index in [9.17, 15) is 5.11 Å². The van der Waals surface area contributed by atoms with Crippen LogP contribution in [-0.2, 0) is 0 Å². The first-order valence-electron chi connectivity index (χ1n) is 4.08. The van der Waals surface area contributed by atoms with Gasteiger partial charge in [-0.1, -0.05) is 35.2 Å². The lowest BCUT2D eigenvalue weighted by Gasteiger charge is -2.24. The minimum atomic E-state index is -0.0969. The van der Waals surface area contributed by atoms with Gasteiger partial charge in [0.05, 0.1) is 6.10 Å². The highest BCUT2D eigenvalue weighted by Crippen LogP contribution is 2.26. The second kappa shape index (κ2) is 4.35. The van der Waals surface area contributed by atoms with E-state index in [2.05, 4.69) is 15.9 Å². The molecule has 0 unspecified atom stereocenters. The third-order valence-corrected chi connectivity index (χ3v) is 3.02. The van der Waals surface area contributed by atoms with E-state index in [0.29, 0.717) is 5.92 Å². The van der Waals surface area contributed by atoms with Crippen molar-refractivity contribution in [1.82, 2.24) is 0 Å². The number of aliphatic hydroxyl groups is 1. The van der Waals surface area contributed by atoms with Crippen LogP contribution < -0.4 is 0 Å². The zero-order chi connectivity index (χ0) is 7.40. The molecule has 0 aliphatic heterocycles. The molecular weight excluding hydrogens is 192 g/mol. The molecule has 1 saturated carbocycles. The zero-order valence-electron chi connectivity index (χ0n) is 6.22. The quantitative estimate of drug-likeness (QED) is 0.689. The molecule has 0 heterocycles. The molecule has 0 spiro atoms. The Bertz CT molecular complexity index is 89.3. The molecule has 1 aliphatic rings. The Labute approximate surface area is 70.9 Å². The highest BCUT2D eigenvalue weighted by molar-refractivity contribution is 9.09. The van der Waals surface area contributed by atoms with Gasteiger partial charge in [-0.3, -0.25) is 0 Å². The average molecular weight is 207 g/mol. The molecule has 0 bridgehead atoms. The SMILES string of the molecule is O[C@@H](CBr)C1CCCCC1. The summed E-state index contributed by atoms with van der Waals surface area (Å²) in [5.41, 5.74) is 0. The topological polar surface area (TPSA) is 20.2 Å². The molecule has 1 atom stereocenters. The Kier molecular flexibility index (Phi) is 3.71. The minimum Gasteiger partial charge on any atom is -0.392 e. The molecule has 1 fully saturated rings. The first-order valence-corrected chi connectivity index (χ1v) is 5.21. The Balaban J connectivity index is 2.24. The third kappa shape index (κ3) is 2.24. The zero-order valence-corrected chi connectivity index (χ0v) is 7.81. The van der Waals surface area contributed by atoms with Crippen LogP contribution in [0, 0.1) is 5.92 Å². The molecule has 10 heavy (non-hydrogen) atoms. The second-order valence-electron chi connectivity index (χ2n) is 3.12. The molecule has 60 valence electrons. The first-order chi connectivity index (χ1) is 4.84. The Hall–Kier alpha value is 0.440. The van der Waals surface area contributed by atoms with Crippen LogP contribution in [0.5, 0.6) is 0 Å². The van der Waals surface area contributed by atoms with Crippen molar-refractivity contribution >= 4 is 15.9 Å². The van der Waals surface area contributed by atoms with Gasteiger partial charge < -0.3 is 5.11 Å². The smallest absolute Gasteiger partial charge is 0.0665 e. The van der Waals surface area contributed by atoms with Crippen LogP contribution in [0.25, 0.3) is 0 Å². The molecule has 0 aromatic heterocycles. The summed E-state index contributed by atoms with van der Waals surface area (Å²) >= 11 is 3.30. The van der Waals surface area contributed by atoms with Gasteiger partial charge in [-0.05, 0) is 18.8 Å². The minimum absolute atomic E-state index is 0.0969. The summed E-state index contributed by atoms with van der Waals surface area (Å²) < 4.78 is 0. The van der Waals surface area contributed by atoms with Crippen LogP contribution in [0.15, 0.2) is 0 Å². The summed E-state index contributed by atoms with van der Waals surface area (Å²) in [6.07, 6.45) is 6.36. The predicted molar refractivity (Wildman–Crippen MR) is 46.4 cm³/mol. The van der Waals surface area contributed by atoms with Gasteiger partial charge in [0.25, 0.3) is 0 Å². The van der Waals surface area contributed by atoms with E-state index in [4.69, 9.17) is 0 Å². The third-order valence-electron chi connectivity index (χ3n) is 2.35. The van der Waals surface area contributed by atoms with Gasteiger partial charge in [0, 0.05) is 5.33 Å². The number of hydrogen-bond acceptors (Lipinski definition) is 1. The van der Waals surface area contributed by atoms with Crippen molar-refractivity contribution in [3.05, 3.63) is 0 Å². The van der Waals surface area contributed by atoms with Crippen LogP contribution in [-0.4, -0.2) is 16.5 Å². The summed E-state index contributed by atoms with van der Waals surface area (Å²) in [6, 6.07) is 0. The molecule has 0 radical (unpaired) electrons. The first kappa shape index (κ1) is 8.54. The fraction of sp³-hybridized carbons (Fsp3) is 1.00. The molecule has 0 aromatic carbocycles. The Morgan fingerprint density at radius 3 is 2.40 bits per heavy atom. The van der Waals surface area contributed by atoms with Crippen molar-refractivity contribution in [2.75, 3.05) is 5.33 Å². The van der Waals surface area contributed by atoms with Gasteiger partial charge in [0.2, 0.25) is 0 Å². The van der Waals surface area contributed by atoms with Crippen molar-refractivity contribution in [2.45, 2.75) is 38.2 Å². The van der Waals surface area contributed by atoms with E-state index in [1.54, 1.807) is 0 Å². The second-order valence-corrected chi connectivity index (χ2v) is 3.77. The summed E-state index contributed by atoms with van der Waals surface area (Å²) in [4.78, 5) is 0. The lowest BCUT2D eigenvalue weighted by Crippen LogP contribution is -2.23. The molecule has 1 N–H and O–H groups in total. The molecule has 0 aromatic rings. The summed E-state index contributed by atoms with van der Waals surface area (Å²) in [7, 11) is 0. The largest absolute Gasteiger partial charge is 0.392 e. The number of alkyl halides is 1. The monoisotopic (exact) mass is 206 g/mol. The highest BCUT2D eigenvalue weighted by atomic mass is 79.9. The van der Waals surface area contributed by atoms with Crippen LogP contribution in [0.2, 0.25) is 0 Å². The molecule has 0 amide bonds. The van der Waals surface area contributed by atoms with E-state index in [1.807, 2.05) is 0 Å². The van der Waals surface area contributed by atoms with Crippen LogP contribution in [0.3, 0.4) is 0 Å². The lowest BCUT2D eigenvalue weighted by atomic mass is 9.86. The van der Waals surface area contributed by atoms with Crippen molar-refractivity contribution in [3.63, 3.8) is 0 Å². The molecule has 1 rings (SSSR count). The van der Waals surface area contributed by atoms with Gasteiger partial charge >= 0.3 is 0 Å². The maximum absolute atomic E-state index is 9.44. The van der Waals surface area contributed by atoms with E-state index in [-0.39, 0.29) is 6.10 Å². The Morgan fingerprint density at radius 2 is 1.90 bits per heavy atom. The fourth-order valence-corrected chi connectivity index (χ4v) is 2.17. The normalized spacial score (nSPS) is 24.6. The van der Waals surface area contributed by atoms with Crippen molar-refractivity contribution < 1.29 is 5.11 Å². The Morgan fingerprint density at radius 1 is 1.30 bits per heavy atom. The number of halogens is 1. The summed E-state index contributed by atoms with van der Waals surface area (Å²) in [5, 5.41) is 10.2. The average Bonchev–Trinajstić information content (AvgIpc) is 2.05. The summed E-state index contributed by atoms with van der Waals surface area (Å²) in [5.74, 6) is 0.577. The highest BCUT2D eigenvalue weighted by Gasteiger charge is 2.19. The van der Waals surface area contributed by atoms with Gasteiger partial charge in [-0.2, -0.15) is 0 Å². The van der Waals surface area contributed by atoms with Gasteiger partial charge in [0.15, 0.2) is 0 Å². The molecule has 1 nitrogen and oxygen atoms in total. The van der Waals surface area contributed by atoms with Gasteiger partial charge in [0.1, 0.15) is 0 Å². The molecule has 0 saturated heterocycles. The maximum Gasteiger partial charge on any atom is 0.0665 e. The van der Waals surface area contributed by atoms with E-state index in [1.165, 1.54) is 32.1 Å². The van der Waals surface area contributed by atoms with E-state index in [0.717, 1.165) is 5.33 Å². The van der Waals surface area contributed by atoms with Gasteiger partial charge in [-0.15, -0.1) is 0 Å². The van der Waals surface area contributed by atoms with Crippen molar-refractivity contribution in [3.8, 4) is 0 Å². The van der Waals surface area contributed by atoms with Gasteiger partial charge in [-0.25, -0.2) is 0 Å².